The zero-order valence-corrected chi connectivity index (χ0v) is 34.4. The first-order valence-electron chi connectivity index (χ1n) is 25.5. The zero-order chi connectivity index (χ0) is 49.4. The maximum absolute atomic E-state index is 9.26. The molecule has 3 aliphatic rings. The molecular formula is C56H42BN3Si. The van der Waals surface area contributed by atoms with Crippen molar-refractivity contribution in [3.63, 3.8) is 0 Å². The Kier molecular flexibility index (Phi) is 6.07. The average molecular weight is 806 g/mol. The number of rotatable bonds is 7. The van der Waals surface area contributed by atoms with Gasteiger partial charge in [-0.25, -0.2) is 0 Å². The fourth-order valence-corrected chi connectivity index (χ4v) is 13.3. The highest BCUT2D eigenvalue weighted by atomic mass is 28.3. The molecule has 12 rings (SSSR count). The summed E-state index contributed by atoms with van der Waals surface area (Å²) in [6.45, 7) is 4.47. The molecule has 3 heterocycles. The molecule has 9 aromatic carbocycles. The van der Waals surface area contributed by atoms with E-state index in [0.717, 1.165) is 56.2 Å². The lowest BCUT2D eigenvalue weighted by atomic mass is 9.33. The van der Waals surface area contributed by atoms with Gasteiger partial charge in [0.1, 0.15) is 8.07 Å². The van der Waals surface area contributed by atoms with Crippen molar-refractivity contribution in [1.82, 2.24) is 0 Å². The lowest BCUT2D eigenvalue weighted by molar-refractivity contribution is 1.23. The van der Waals surface area contributed by atoms with Gasteiger partial charge in [-0.2, -0.15) is 0 Å². The van der Waals surface area contributed by atoms with Gasteiger partial charge in [0.25, 0.3) is 6.71 Å². The largest absolute Gasteiger partial charge is 0.311 e. The van der Waals surface area contributed by atoms with E-state index < -0.39 is 44.3 Å². The van der Waals surface area contributed by atoms with E-state index in [0.29, 0.717) is 22.5 Å². The van der Waals surface area contributed by atoms with Crippen molar-refractivity contribution in [3.8, 4) is 22.3 Å². The first-order chi connectivity index (χ1) is 34.2. The quantitative estimate of drug-likeness (QED) is 0.149. The van der Waals surface area contributed by atoms with Crippen molar-refractivity contribution < 1.29 is 13.7 Å². The van der Waals surface area contributed by atoms with E-state index in [-0.39, 0.29) is 42.0 Å². The molecule has 288 valence electrons. The van der Waals surface area contributed by atoms with Gasteiger partial charge in [0, 0.05) is 45.3 Å². The van der Waals surface area contributed by atoms with E-state index in [1.165, 1.54) is 10.4 Å². The van der Waals surface area contributed by atoms with Crippen LogP contribution in [0.3, 0.4) is 0 Å². The Morgan fingerprint density at radius 2 is 0.820 bits per heavy atom. The summed E-state index contributed by atoms with van der Waals surface area (Å²) in [5.41, 5.74) is 11.6. The van der Waals surface area contributed by atoms with Gasteiger partial charge >= 0.3 is 0 Å². The van der Waals surface area contributed by atoms with Crippen LogP contribution in [0.25, 0.3) is 22.3 Å². The molecule has 0 fully saturated rings. The summed E-state index contributed by atoms with van der Waals surface area (Å²) in [5, 5.41) is 2.53. The number of hydrogen-bond donors (Lipinski definition) is 0. The summed E-state index contributed by atoms with van der Waals surface area (Å²) < 4.78 is 89.1. The lowest BCUT2D eigenvalue weighted by Gasteiger charge is -2.50. The minimum Gasteiger partial charge on any atom is -0.311 e. The Bertz CT molecular complexity index is 3450. The van der Waals surface area contributed by atoms with E-state index in [1.54, 1.807) is 0 Å². The van der Waals surface area contributed by atoms with E-state index in [1.807, 2.05) is 84.9 Å². The predicted octanol–water partition coefficient (Wildman–Crippen LogP) is 11.7. The third-order valence-electron chi connectivity index (χ3n) is 12.6. The van der Waals surface area contributed by atoms with E-state index in [2.05, 4.69) is 101 Å². The van der Waals surface area contributed by atoms with Gasteiger partial charge in [0.15, 0.2) is 0 Å². The molecule has 0 atom stereocenters. The van der Waals surface area contributed by atoms with Crippen LogP contribution in [0.15, 0.2) is 218 Å². The highest BCUT2D eigenvalue weighted by Gasteiger charge is 2.52. The van der Waals surface area contributed by atoms with Crippen molar-refractivity contribution in [2.75, 3.05) is 14.7 Å². The van der Waals surface area contributed by atoms with Crippen molar-refractivity contribution in [1.29, 1.82) is 0 Å². The number of anilines is 9. The van der Waals surface area contributed by atoms with Crippen molar-refractivity contribution in [3.05, 3.63) is 218 Å². The molecule has 0 saturated carbocycles. The minimum absolute atomic E-state index is 0.0928. The first kappa shape index (κ1) is 26.7. The Balaban J connectivity index is 1.26. The second-order valence-electron chi connectivity index (χ2n) is 16.1. The van der Waals surface area contributed by atoms with Crippen LogP contribution in [-0.4, -0.2) is 14.8 Å². The average Bonchev–Trinajstić information content (AvgIpc) is 3.39. The molecule has 0 bridgehead atoms. The standard InChI is InChI=1S/C56H42BN3Si/c1-61(2)52-35-19-33-48-55(52)57-54-50(59(48)46-31-17-15-29-44(46)39-21-7-3-8-22-39)37-43(58(41-25-11-5-12-26-41)42-27-13-6-14-28-42)38-51(54)60(49-34-20-36-53(61)56(49)57)47-32-18-16-30-45(47)40-23-9-4-10-24-40/h3-38H,1-2H3/i3D,4D,7D,8D,9D,10D,21D,22D,23D,24D. The fourth-order valence-electron chi connectivity index (χ4n) is 10.1. The highest BCUT2D eigenvalue weighted by molar-refractivity contribution is 7.16. The molecule has 0 saturated heterocycles. The molecule has 3 aliphatic heterocycles. The Morgan fingerprint density at radius 1 is 0.410 bits per heavy atom. The second-order valence-corrected chi connectivity index (χ2v) is 20.5. The van der Waals surface area contributed by atoms with Gasteiger partial charge < -0.3 is 14.7 Å². The molecule has 0 aromatic heterocycles. The maximum atomic E-state index is 9.26. The summed E-state index contributed by atoms with van der Waals surface area (Å²) in [4.78, 5) is 6.63. The third-order valence-corrected chi connectivity index (χ3v) is 16.1. The number of hydrogen-bond acceptors (Lipinski definition) is 3. The molecule has 5 heteroatoms. The number of benzene rings is 9. The predicted molar refractivity (Wildman–Crippen MR) is 263 cm³/mol. The monoisotopic (exact) mass is 805 g/mol. The summed E-state index contributed by atoms with van der Waals surface area (Å²) in [5.74, 6) is 0. The maximum Gasteiger partial charge on any atom is 0.251 e. The van der Waals surface area contributed by atoms with E-state index in [4.69, 9.17) is 8.22 Å². The lowest BCUT2D eigenvalue weighted by Crippen LogP contribution is -2.79. The Hall–Kier alpha value is -7.34. The molecule has 0 N–H and O–H groups in total. The van der Waals surface area contributed by atoms with Gasteiger partial charge in [0.2, 0.25) is 0 Å². The molecule has 9 aromatic rings. The molecule has 3 nitrogen and oxygen atoms in total. The van der Waals surface area contributed by atoms with Crippen molar-refractivity contribution in [2.45, 2.75) is 13.1 Å². The first-order valence-corrected chi connectivity index (χ1v) is 23.5. The van der Waals surface area contributed by atoms with E-state index >= 15 is 0 Å². The summed E-state index contributed by atoms with van der Waals surface area (Å²) in [7, 11) is -2.54. The summed E-state index contributed by atoms with van der Waals surface area (Å²) in [6.07, 6.45) is 0. The molecule has 0 amide bonds. The zero-order valence-electron chi connectivity index (χ0n) is 43.4. The van der Waals surface area contributed by atoms with Gasteiger partial charge in [-0.15, -0.1) is 0 Å². The van der Waals surface area contributed by atoms with Gasteiger partial charge in [-0.3, -0.25) is 0 Å². The van der Waals surface area contributed by atoms with Crippen LogP contribution < -0.4 is 41.5 Å². The molecule has 61 heavy (non-hydrogen) atoms. The van der Waals surface area contributed by atoms with Crippen molar-refractivity contribution in [2.24, 2.45) is 0 Å². The Morgan fingerprint density at radius 3 is 1.28 bits per heavy atom. The van der Waals surface area contributed by atoms with Crippen LogP contribution >= 0.6 is 0 Å². The van der Waals surface area contributed by atoms with E-state index in [9.17, 15) is 5.48 Å². The molecule has 0 radical (unpaired) electrons. The van der Waals surface area contributed by atoms with Crippen LogP contribution in [0.5, 0.6) is 0 Å². The molecule has 0 spiro atoms. The SMILES string of the molecule is [2H]c1c([2H])c([2H])c(-c2ccccc2N2c3cc(N(c4ccccc4)c4ccccc4)cc4c3B3c5c2cccc5[Si](C)(C)c2cccc(c23)N4c2ccccc2-c2c([2H])c([2H])c([2H])c([2H])c2[2H])c([2H])c1[2H]. The van der Waals surface area contributed by atoms with Gasteiger partial charge in [0.05, 0.1) is 30.8 Å². The van der Waals surface area contributed by atoms with Crippen LogP contribution in [0.2, 0.25) is 13.1 Å². The number of nitrogens with zero attached hydrogens (tertiary/aromatic N) is 3. The summed E-state index contributed by atoms with van der Waals surface area (Å²) in [6, 6.07) is 48.9. The molecule has 0 aliphatic carbocycles. The normalized spacial score (nSPS) is 16.1. The van der Waals surface area contributed by atoms with Gasteiger partial charge in [-0.05, 0) is 88.2 Å². The smallest absolute Gasteiger partial charge is 0.251 e. The van der Waals surface area contributed by atoms with Crippen LogP contribution in [0, 0.1) is 0 Å². The Labute approximate surface area is 373 Å². The highest BCUT2D eigenvalue weighted by Crippen LogP contribution is 2.51. The summed E-state index contributed by atoms with van der Waals surface area (Å²) >= 11 is 0. The minimum atomic E-state index is -2.54. The van der Waals surface area contributed by atoms with Crippen LogP contribution in [0.1, 0.15) is 13.7 Å². The van der Waals surface area contributed by atoms with Crippen molar-refractivity contribution >= 4 is 92.7 Å². The second kappa shape index (κ2) is 13.9. The van der Waals surface area contributed by atoms with Crippen LogP contribution in [-0.2, 0) is 0 Å². The molecular weight excluding hydrogens is 754 g/mol. The van der Waals surface area contributed by atoms with Crippen LogP contribution in [0.4, 0.5) is 51.2 Å². The third kappa shape index (κ3) is 5.37. The van der Waals surface area contributed by atoms with Gasteiger partial charge in [-0.1, -0.05) is 181 Å². The fraction of sp³-hybridized carbons (Fsp3) is 0.0357. The topological polar surface area (TPSA) is 9.72 Å². The number of para-hydroxylation sites is 4. The molecule has 0 unspecified atom stereocenters.